The van der Waals surface area contributed by atoms with Crippen molar-refractivity contribution < 1.29 is 9.90 Å². The van der Waals surface area contributed by atoms with Gasteiger partial charge in [-0.3, -0.25) is 4.79 Å². The number of carbonyl (C=O) groups is 1. The number of hydrogen-bond acceptors (Lipinski definition) is 3. The Balaban J connectivity index is 2.15. The maximum Gasteiger partial charge on any atom is 0.320 e. The zero-order chi connectivity index (χ0) is 10.8. The quantitative estimate of drug-likeness (QED) is 0.743. The summed E-state index contributed by atoms with van der Waals surface area (Å²) in [4.78, 5) is 14.9. The lowest BCUT2D eigenvalue weighted by Crippen LogP contribution is -2.33. The van der Waals surface area contributed by atoms with Crippen LogP contribution >= 0.6 is 0 Å². The van der Waals surface area contributed by atoms with Gasteiger partial charge in [-0.15, -0.1) is 0 Å². The fraction of sp³-hybridized carbons (Fsp3) is 0.600. The number of hydrogen-bond donors (Lipinski definition) is 2. The van der Waals surface area contributed by atoms with Gasteiger partial charge >= 0.3 is 5.97 Å². The first-order valence-corrected chi connectivity index (χ1v) is 5.20. The highest BCUT2D eigenvalue weighted by atomic mass is 16.4. The first-order valence-electron chi connectivity index (χ1n) is 5.20. The third kappa shape index (κ3) is 2.02. The Kier molecular flexibility index (Phi) is 2.73. The van der Waals surface area contributed by atoms with Crippen molar-refractivity contribution in [2.45, 2.75) is 38.3 Å². The van der Waals surface area contributed by atoms with E-state index in [1.165, 1.54) is 6.42 Å². The molecule has 5 nitrogen and oxygen atoms in total. The van der Waals surface area contributed by atoms with E-state index >= 15 is 0 Å². The lowest BCUT2D eigenvalue weighted by molar-refractivity contribution is -0.138. The number of rotatable bonds is 3. The second-order valence-electron chi connectivity index (χ2n) is 3.92. The molecule has 0 radical (unpaired) electrons. The molecule has 2 rings (SSSR count). The number of fused-ring (bicyclic) bond motifs is 1. The molecule has 3 N–H and O–H groups in total. The fourth-order valence-electron chi connectivity index (χ4n) is 1.95. The SMILES string of the molecule is NC(Cc1cnc2n1CCCC2)C(=O)O. The molecule has 82 valence electrons. The Morgan fingerprint density at radius 1 is 1.67 bits per heavy atom. The zero-order valence-electron chi connectivity index (χ0n) is 8.52. The monoisotopic (exact) mass is 209 g/mol. The summed E-state index contributed by atoms with van der Waals surface area (Å²) in [5, 5.41) is 8.73. The van der Waals surface area contributed by atoms with Crippen molar-refractivity contribution >= 4 is 5.97 Å². The van der Waals surface area contributed by atoms with Crippen LogP contribution in [0.3, 0.4) is 0 Å². The van der Waals surface area contributed by atoms with E-state index < -0.39 is 12.0 Å². The maximum atomic E-state index is 10.6. The number of aryl methyl sites for hydroxylation is 1. The van der Waals surface area contributed by atoms with Gasteiger partial charge in [0, 0.05) is 31.3 Å². The number of aliphatic carboxylic acids is 1. The van der Waals surface area contributed by atoms with Gasteiger partial charge in [0.05, 0.1) is 0 Å². The van der Waals surface area contributed by atoms with E-state index in [4.69, 9.17) is 10.8 Å². The van der Waals surface area contributed by atoms with Crippen molar-refractivity contribution in [1.29, 1.82) is 0 Å². The van der Waals surface area contributed by atoms with Crippen LogP contribution in [0.15, 0.2) is 6.20 Å². The van der Waals surface area contributed by atoms with Crippen LogP contribution in [-0.4, -0.2) is 26.7 Å². The van der Waals surface area contributed by atoms with Crippen LogP contribution in [0, 0.1) is 0 Å². The molecular formula is C10H15N3O2. The molecule has 1 atom stereocenters. The fourth-order valence-corrected chi connectivity index (χ4v) is 1.95. The van der Waals surface area contributed by atoms with E-state index in [9.17, 15) is 4.79 Å². The van der Waals surface area contributed by atoms with Crippen LogP contribution in [0.2, 0.25) is 0 Å². The van der Waals surface area contributed by atoms with Crippen LogP contribution in [0.1, 0.15) is 24.4 Å². The third-order valence-electron chi connectivity index (χ3n) is 2.80. The molecular weight excluding hydrogens is 194 g/mol. The van der Waals surface area contributed by atoms with Gasteiger partial charge in [0.15, 0.2) is 0 Å². The van der Waals surface area contributed by atoms with E-state index in [0.29, 0.717) is 6.42 Å². The molecule has 0 aliphatic carbocycles. The largest absolute Gasteiger partial charge is 0.480 e. The third-order valence-corrected chi connectivity index (χ3v) is 2.80. The van der Waals surface area contributed by atoms with Crippen LogP contribution in [-0.2, 0) is 24.2 Å². The second-order valence-corrected chi connectivity index (χ2v) is 3.92. The van der Waals surface area contributed by atoms with E-state index in [1.54, 1.807) is 6.20 Å². The van der Waals surface area contributed by atoms with Gasteiger partial charge in [-0.2, -0.15) is 0 Å². The summed E-state index contributed by atoms with van der Waals surface area (Å²) in [5.41, 5.74) is 6.44. The predicted octanol–water partition coefficient (Wildman–Crippen LogP) is 0.174. The van der Waals surface area contributed by atoms with Crippen molar-refractivity contribution in [3.63, 3.8) is 0 Å². The molecule has 0 bridgehead atoms. The van der Waals surface area contributed by atoms with Gasteiger partial charge in [0.1, 0.15) is 11.9 Å². The van der Waals surface area contributed by atoms with E-state index in [1.807, 2.05) is 0 Å². The molecule has 0 saturated heterocycles. The minimum atomic E-state index is -0.957. The number of carboxylic acids is 1. The van der Waals surface area contributed by atoms with Crippen molar-refractivity contribution in [3.8, 4) is 0 Å². The number of carboxylic acid groups (broad SMARTS) is 1. The normalized spacial score (nSPS) is 17.1. The van der Waals surface area contributed by atoms with E-state index in [0.717, 1.165) is 30.9 Å². The lowest BCUT2D eigenvalue weighted by Gasteiger charge is -2.17. The maximum absolute atomic E-state index is 10.6. The molecule has 0 amide bonds. The highest BCUT2D eigenvalue weighted by Gasteiger charge is 2.18. The van der Waals surface area contributed by atoms with Gasteiger partial charge in [-0.25, -0.2) is 4.98 Å². The number of aromatic nitrogens is 2. The standard InChI is InChI=1S/C10H15N3O2/c11-8(10(14)15)5-7-6-12-9-3-1-2-4-13(7)9/h6,8H,1-5,11H2,(H,14,15). The zero-order valence-corrected chi connectivity index (χ0v) is 8.52. The molecule has 0 aromatic carbocycles. The predicted molar refractivity (Wildman–Crippen MR) is 54.5 cm³/mol. The summed E-state index contributed by atoms with van der Waals surface area (Å²) >= 11 is 0. The Bertz CT molecular complexity index is 373. The van der Waals surface area contributed by atoms with Crippen LogP contribution < -0.4 is 5.73 Å². The first-order chi connectivity index (χ1) is 7.18. The number of imidazole rings is 1. The second kappa shape index (κ2) is 4.02. The summed E-state index contributed by atoms with van der Waals surface area (Å²) in [5.74, 6) is 0.107. The molecule has 1 aromatic heterocycles. The molecule has 1 unspecified atom stereocenters. The minimum Gasteiger partial charge on any atom is -0.480 e. The van der Waals surface area contributed by atoms with Crippen LogP contribution in [0.25, 0.3) is 0 Å². The van der Waals surface area contributed by atoms with Gasteiger partial charge < -0.3 is 15.4 Å². The van der Waals surface area contributed by atoms with Gasteiger partial charge in [0.25, 0.3) is 0 Å². The smallest absolute Gasteiger partial charge is 0.320 e. The van der Waals surface area contributed by atoms with Crippen molar-refractivity contribution in [2.75, 3.05) is 0 Å². The molecule has 1 aromatic rings. The number of nitrogens with zero attached hydrogens (tertiary/aromatic N) is 2. The van der Waals surface area contributed by atoms with Crippen molar-refractivity contribution in [2.24, 2.45) is 5.73 Å². The summed E-state index contributed by atoms with van der Waals surface area (Å²) in [6.07, 6.45) is 5.41. The summed E-state index contributed by atoms with van der Waals surface area (Å²) in [7, 11) is 0. The van der Waals surface area contributed by atoms with Gasteiger partial charge in [-0.05, 0) is 12.8 Å². The topological polar surface area (TPSA) is 81.1 Å². The molecule has 0 fully saturated rings. The number of nitrogens with two attached hydrogens (primary N) is 1. The summed E-state index contributed by atoms with van der Waals surface area (Å²) < 4.78 is 2.10. The average Bonchev–Trinajstić information content (AvgIpc) is 2.62. The highest BCUT2D eigenvalue weighted by molar-refractivity contribution is 5.73. The Hall–Kier alpha value is -1.36. The molecule has 1 aliphatic rings. The summed E-state index contributed by atoms with van der Waals surface area (Å²) in [6, 6.07) is -0.826. The van der Waals surface area contributed by atoms with Crippen molar-refractivity contribution in [1.82, 2.24) is 9.55 Å². The minimum absolute atomic E-state index is 0.363. The Morgan fingerprint density at radius 2 is 2.47 bits per heavy atom. The molecule has 2 heterocycles. The van der Waals surface area contributed by atoms with E-state index in [2.05, 4.69) is 9.55 Å². The molecule has 1 aliphatic heterocycles. The lowest BCUT2D eigenvalue weighted by atomic mass is 10.1. The van der Waals surface area contributed by atoms with Crippen molar-refractivity contribution in [3.05, 3.63) is 17.7 Å². The Morgan fingerprint density at radius 3 is 3.20 bits per heavy atom. The average molecular weight is 209 g/mol. The van der Waals surface area contributed by atoms with Crippen LogP contribution in [0.5, 0.6) is 0 Å². The molecule has 15 heavy (non-hydrogen) atoms. The highest BCUT2D eigenvalue weighted by Crippen LogP contribution is 2.16. The van der Waals surface area contributed by atoms with E-state index in [-0.39, 0.29) is 0 Å². The summed E-state index contributed by atoms with van der Waals surface area (Å²) in [6.45, 7) is 0.941. The molecule has 0 spiro atoms. The van der Waals surface area contributed by atoms with Gasteiger partial charge in [-0.1, -0.05) is 0 Å². The van der Waals surface area contributed by atoms with Crippen LogP contribution in [0.4, 0.5) is 0 Å². The molecule has 5 heteroatoms. The van der Waals surface area contributed by atoms with Gasteiger partial charge in [0.2, 0.25) is 0 Å². The first kappa shape index (κ1) is 10.2. The Labute approximate surface area is 87.9 Å². The molecule has 0 saturated carbocycles.